The van der Waals surface area contributed by atoms with Crippen molar-refractivity contribution in [3.8, 4) is 0 Å². The number of piperidine rings is 1. The average molecular weight is 229 g/mol. The summed E-state index contributed by atoms with van der Waals surface area (Å²) in [6.45, 7) is 4.78. The van der Waals surface area contributed by atoms with Crippen molar-refractivity contribution >= 4 is 5.91 Å². The number of nitrogens with zero attached hydrogens (tertiary/aromatic N) is 1. The fourth-order valence-electron chi connectivity index (χ4n) is 2.06. The third kappa shape index (κ3) is 6.05. The summed E-state index contributed by atoms with van der Waals surface area (Å²) in [5.41, 5.74) is 4.95. The van der Waals surface area contributed by atoms with Gasteiger partial charge < -0.3 is 20.7 Å². The van der Waals surface area contributed by atoms with Gasteiger partial charge in [0.1, 0.15) is 6.61 Å². The van der Waals surface area contributed by atoms with Crippen LogP contribution in [0.25, 0.3) is 0 Å². The molecule has 1 saturated heterocycles. The number of hydrogen-bond acceptors (Lipinski definition) is 4. The van der Waals surface area contributed by atoms with Crippen LogP contribution in [-0.2, 0) is 9.53 Å². The summed E-state index contributed by atoms with van der Waals surface area (Å²) in [5, 5.41) is 3.35. The number of primary amides is 1. The number of ether oxygens (including phenoxy) is 1. The van der Waals surface area contributed by atoms with E-state index in [1.807, 2.05) is 0 Å². The number of hydrogen-bond donors (Lipinski definition) is 2. The lowest BCUT2D eigenvalue weighted by atomic mass is 9.98. The maximum Gasteiger partial charge on any atom is 0.243 e. The molecule has 1 amide bonds. The lowest BCUT2D eigenvalue weighted by molar-refractivity contribution is -0.122. The molecular weight excluding hydrogens is 206 g/mol. The highest BCUT2D eigenvalue weighted by molar-refractivity contribution is 5.74. The van der Waals surface area contributed by atoms with E-state index in [1.165, 1.54) is 25.9 Å². The monoisotopic (exact) mass is 229 g/mol. The molecular formula is C11H23N3O2. The minimum absolute atomic E-state index is 0.0217. The Morgan fingerprint density at radius 3 is 3.12 bits per heavy atom. The second kappa shape index (κ2) is 7.60. The van der Waals surface area contributed by atoms with Crippen LogP contribution >= 0.6 is 0 Å². The van der Waals surface area contributed by atoms with Gasteiger partial charge in [0, 0.05) is 13.1 Å². The van der Waals surface area contributed by atoms with Gasteiger partial charge >= 0.3 is 0 Å². The molecule has 1 unspecified atom stereocenters. The minimum atomic E-state index is -0.408. The highest BCUT2D eigenvalue weighted by Gasteiger charge is 2.16. The van der Waals surface area contributed by atoms with Crippen molar-refractivity contribution in [2.24, 2.45) is 11.7 Å². The number of amides is 1. The molecule has 0 saturated carbocycles. The second-order valence-electron chi connectivity index (χ2n) is 4.49. The fourth-order valence-corrected chi connectivity index (χ4v) is 2.06. The van der Waals surface area contributed by atoms with Crippen molar-refractivity contribution in [3.63, 3.8) is 0 Å². The highest BCUT2D eigenvalue weighted by Crippen LogP contribution is 2.13. The van der Waals surface area contributed by atoms with E-state index in [1.54, 1.807) is 0 Å². The van der Waals surface area contributed by atoms with Crippen LogP contribution in [0.3, 0.4) is 0 Å². The molecule has 3 N–H and O–H groups in total. The molecule has 5 heteroatoms. The zero-order valence-electron chi connectivity index (χ0n) is 10.1. The van der Waals surface area contributed by atoms with E-state index in [0.29, 0.717) is 6.61 Å². The third-order valence-electron chi connectivity index (χ3n) is 2.82. The molecule has 0 aromatic rings. The van der Waals surface area contributed by atoms with Gasteiger partial charge in [-0.3, -0.25) is 4.79 Å². The lowest BCUT2D eigenvalue weighted by Crippen LogP contribution is -2.38. The Morgan fingerprint density at radius 2 is 2.44 bits per heavy atom. The van der Waals surface area contributed by atoms with E-state index in [9.17, 15) is 4.79 Å². The van der Waals surface area contributed by atoms with Crippen LogP contribution in [0.15, 0.2) is 0 Å². The van der Waals surface area contributed by atoms with E-state index < -0.39 is 5.91 Å². The molecule has 1 rings (SSSR count). The molecule has 16 heavy (non-hydrogen) atoms. The Hall–Kier alpha value is -0.650. The first-order valence-electron chi connectivity index (χ1n) is 5.94. The van der Waals surface area contributed by atoms with Crippen molar-refractivity contribution in [2.45, 2.75) is 12.8 Å². The standard InChI is InChI=1S/C11H23N3O2/c1-14-5-2-3-10(8-14)7-13-4-6-16-9-11(12)15/h10,13H,2-9H2,1H3,(H2,12,15). The third-order valence-corrected chi connectivity index (χ3v) is 2.82. The number of nitrogens with two attached hydrogens (primary N) is 1. The Morgan fingerprint density at radius 1 is 1.62 bits per heavy atom. The number of carbonyl (C=O) groups excluding carboxylic acids is 1. The molecule has 94 valence electrons. The number of likely N-dealkylation sites (tertiary alicyclic amines) is 1. The van der Waals surface area contributed by atoms with Crippen molar-refractivity contribution in [2.75, 3.05) is 46.4 Å². The van der Waals surface area contributed by atoms with Crippen LogP contribution in [0.4, 0.5) is 0 Å². The molecule has 0 bridgehead atoms. The zero-order valence-corrected chi connectivity index (χ0v) is 10.1. The van der Waals surface area contributed by atoms with Crippen LogP contribution < -0.4 is 11.1 Å². The Labute approximate surface area is 97.3 Å². The largest absolute Gasteiger partial charge is 0.370 e. The summed E-state index contributed by atoms with van der Waals surface area (Å²) >= 11 is 0. The van der Waals surface area contributed by atoms with Gasteiger partial charge in [0.25, 0.3) is 0 Å². The molecule has 1 atom stereocenters. The summed E-state index contributed by atoms with van der Waals surface area (Å²) in [6.07, 6.45) is 2.60. The number of rotatable bonds is 7. The van der Waals surface area contributed by atoms with Gasteiger partial charge in [-0.05, 0) is 38.9 Å². The lowest BCUT2D eigenvalue weighted by Gasteiger charge is -2.29. The molecule has 1 aliphatic rings. The van der Waals surface area contributed by atoms with Crippen molar-refractivity contribution in [3.05, 3.63) is 0 Å². The van der Waals surface area contributed by atoms with Gasteiger partial charge in [0.05, 0.1) is 6.61 Å². The molecule has 0 aliphatic carbocycles. The quantitative estimate of drug-likeness (QED) is 0.573. The predicted octanol–water partition coefficient (Wildman–Crippen LogP) is -0.580. The normalized spacial score (nSPS) is 22.2. The summed E-state index contributed by atoms with van der Waals surface area (Å²) < 4.78 is 5.06. The van der Waals surface area contributed by atoms with Crippen LogP contribution in [0.2, 0.25) is 0 Å². The topological polar surface area (TPSA) is 67.6 Å². The summed E-state index contributed by atoms with van der Waals surface area (Å²) in [5.74, 6) is 0.337. The predicted molar refractivity (Wildman–Crippen MR) is 63.1 cm³/mol. The van der Waals surface area contributed by atoms with Crippen LogP contribution in [-0.4, -0.2) is 57.2 Å². The summed E-state index contributed by atoms with van der Waals surface area (Å²) in [6, 6.07) is 0. The van der Waals surface area contributed by atoms with E-state index in [-0.39, 0.29) is 6.61 Å². The molecule has 1 fully saturated rings. The minimum Gasteiger partial charge on any atom is -0.370 e. The van der Waals surface area contributed by atoms with Gasteiger partial charge in [-0.15, -0.1) is 0 Å². The van der Waals surface area contributed by atoms with Gasteiger partial charge in [-0.25, -0.2) is 0 Å². The first kappa shape index (κ1) is 13.4. The first-order chi connectivity index (χ1) is 7.68. The van der Waals surface area contributed by atoms with E-state index in [2.05, 4.69) is 17.3 Å². The van der Waals surface area contributed by atoms with Crippen molar-refractivity contribution < 1.29 is 9.53 Å². The van der Waals surface area contributed by atoms with Gasteiger partial charge in [0.15, 0.2) is 0 Å². The van der Waals surface area contributed by atoms with E-state index in [4.69, 9.17) is 10.5 Å². The maximum atomic E-state index is 10.4. The van der Waals surface area contributed by atoms with Crippen molar-refractivity contribution in [1.29, 1.82) is 0 Å². The second-order valence-corrected chi connectivity index (χ2v) is 4.49. The first-order valence-corrected chi connectivity index (χ1v) is 5.94. The Balaban J connectivity index is 1.92. The number of nitrogens with one attached hydrogen (secondary N) is 1. The number of carbonyl (C=O) groups is 1. The Bertz CT molecular complexity index is 211. The van der Waals surface area contributed by atoms with Gasteiger partial charge in [-0.2, -0.15) is 0 Å². The van der Waals surface area contributed by atoms with Crippen molar-refractivity contribution in [1.82, 2.24) is 10.2 Å². The maximum absolute atomic E-state index is 10.4. The van der Waals surface area contributed by atoms with E-state index >= 15 is 0 Å². The summed E-state index contributed by atoms with van der Waals surface area (Å²) in [7, 11) is 2.17. The molecule has 0 radical (unpaired) electrons. The molecule has 0 aromatic heterocycles. The fraction of sp³-hybridized carbons (Fsp3) is 0.909. The smallest absolute Gasteiger partial charge is 0.243 e. The van der Waals surface area contributed by atoms with Crippen LogP contribution in [0.1, 0.15) is 12.8 Å². The van der Waals surface area contributed by atoms with Gasteiger partial charge in [0.2, 0.25) is 5.91 Å². The van der Waals surface area contributed by atoms with Crippen LogP contribution in [0.5, 0.6) is 0 Å². The molecule has 5 nitrogen and oxygen atoms in total. The van der Waals surface area contributed by atoms with E-state index in [0.717, 1.165) is 19.0 Å². The Kier molecular flexibility index (Phi) is 6.37. The SMILES string of the molecule is CN1CCCC(CNCCOCC(N)=O)C1. The van der Waals surface area contributed by atoms with Gasteiger partial charge in [-0.1, -0.05) is 0 Å². The molecule has 0 aromatic carbocycles. The average Bonchev–Trinajstić information content (AvgIpc) is 2.23. The summed E-state index contributed by atoms with van der Waals surface area (Å²) in [4.78, 5) is 12.8. The molecule has 0 spiro atoms. The zero-order chi connectivity index (χ0) is 11.8. The molecule has 1 heterocycles. The molecule has 1 aliphatic heterocycles. The highest BCUT2D eigenvalue weighted by atomic mass is 16.5. The van der Waals surface area contributed by atoms with Crippen LogP contribution in [0, 0.1) is 5.92 Å².